The zero-order chi connectivity index (χ0) is 17.7. The van der Waals surface area contributed by atoms with E-state index in [4.69, 9.17) is 11.6 Å². The Bertz CT molecular complexity index is 735. The van der Waals surface area contributed by atoms with Crippen molar-refractivity contribution in [3.05, 3.63) is 28.8 Å². The minimum Gasteiger partial charge on any atom is -0.326 e. The fourth-order valence-electron chi connectivity index (χ4n) is 4.86. The quantitative estimate of drug-likeness (QED) is 0.839. The minimum absolute atomic E-state index is 0.0612. The largest absolute Gasteiger partial charge is 0.326 e. The van der Waals surface area contributed by atoms with Crippen molar-refractivity contribution in [2.45, 2.75) is 32.6 Å². The van der Waals surface area contributed by atoms with Crippen molar-refractivity contribution in [3.63, 3.8) is 0 Å². The van der Waals surface area contributed by atoms with Crippen LogP contribution in [0.1, 0.15) is 31.2 Å². The maximum absolute atomic E-state index is 12.6. The molecule has 1 N–H and O–H groups in total. The number of carbonyl (C=O) groups excluding carboxylic acids is 3. The molecule has 0 aromatic heterocycles. The smallest absolute Gasteiger partial charge is 0.233 e. The van der Waals surface area contributed by atoms with Gasteiger partial charge in [-0.05, 0) is 55.7 Å². The Labute approximate surface area is 151 Å². The van der Waals surface area contributed by atoms with Gasteiger partial charge in [0.2, 0.25) is 17.7 Å². The highest BCUT2D eigenvalue weighted by Gasteiger charge is 2.60. The molecule has 1 heterocycles. The van der Waals surface area contributed by atoms with Crippen LogP contribution in [0.15, 0.2) is 18.2 Å². The lowest BCUT2D eigenvalue weighted by molar-refractivity contribution is -0.140. The van der Waals surface area contributed by atoms with Crippen LogP contribution < -0.4 is 5.32 Å². The van der Waals surface area contributed by atoms with E-state index in [1.54, 1.807) is 18.2 Å². The number of fused-ring (bicyclic) bond motifs is 5. The summed E-state index contributed by atoms with van der Waals surface area (Å²) in [6.45, 7) is 2.00. The zero-order valence-corrected chi connectivity index (χ0v) is 14.9. The molecule has 1 aromatic rings. The van der Waals surface area contributed by atoms with Gasteiger partial charge >= 0.3 is 0 Å². The number of nitrogens with one attached hydrogen (secondary N) is 1. The van der Waals surface area contributed by atoms with Crippen LogP contribution in [0.25, 0.3) is 0 Å². The summed E-state index contributed by atoms with van der Waals surface area (Å²) in [7, 11) is 0. The lowest BCUT2D eigenvalue weighted by Crippen LogP contribution is -2.35. The van der Waals surface area contributed by atoms with Gasteiger partial charge in [-0.25, -0.2) is 0 Å². The number of hydrogen-bond donors (Lipinski definition) is 1. The van der Waals surface area contributed by atoms with Gasteiger partial charge in [0.15, 0.2) is 0 Å². The molecule has 4 atom stereocenters. The number of anilines is 1. The molecule has 4 rings (SSSR count). The fourth-order valence-corrected chi connectivity index (χ4v) is 5.03. The second kappa shape index (κ2) is 6.13. The maximum atomic E-state index is 12.6. The van der Waals surface area contributed by atoms with Gasteiger partial charge in [-0.2, -0.15) is 0 Å². The lowest BCUT2D eigenvalue weighted by atomic mass is 9.81. The van der Waals surface area contributed by atoms with Crippen LogP contribution in [-0.4, -0.2) is 29.2 Å². The zero-order valence-electron chi connectivity index (χ0n) is 14.1. The van der Waals surface area contributed by atoms with Crippen LogP contribution in [0.3, 0.4) is 0 Å². The predicted octanol–water partition coefficient (Wildman–Crippen LogP) is 3.01. The molecular weight excluding hydrogens is 340 g/mol. The second-order valence-corrected chi connectivity index (χ2v) is 7.83. The maximum Gasteiger partial charge on any atom is 0.233 e. The average molecular weight is 361 g/mol. The lowest BCUT2D eigenvalue weighted by Gasteiger charge is -2.19. The number of imide groups is 1. The first kappa shape index (κ1) is 16.6. The molecular formula is C19H21ClN2O3. The van der Waals surface area contributed by atoms with E-state index >= 15 is 0 Å². The Morgan fingerprint density at radius 2 is 1.84 bits per heavy atom. The topological polar surface area (TPSA) is 66.5 Å². The number of carbonyl (C=O) groups is 3. The third-order valence-electron chi connectivity index (χ3n) is 6.12. The summed E-state index contributed by atoms with van der Waals surface area (Å²) in [5.41, 5.74) is 1.46. The third-order valence-corrected chi connectivity index (χ3v) is 6.53. The normalized spacial score (nSPS) is 30.1. The van der Waals surface area contributed by atoms with Crippen molar-refractivity contribution in [3.8, 4) is 0 Å². The number of hydrogen-bond acceptors (Lipinski definition) is 3. The van der Waals surface area contributed by atoms with Crippen LogP contribution in [-0.2, 0) is 14.4 Å². The first-order valence-corrected chi connectivity index (χ1v) is 9.25. The molecule has 2 bridgehead atoms. The SMILES string of the molecule is Cc1c(Cl)cccc1NC(=O)CCN1C(=O)[C@@H]2[C@@H]3CC[C@H](C3)[C@@H]2C1=O. The molecule has 1 saturated heterocycles. The number of nitrogens with zero attached hydrogens (tertiary/aromatic N) is 1. The molecule has 2 aliphatic carbocycles. The molecule has 0 spiro atoms. The second-order valence-electron chi connectivity index (χ2n) is 7.42. The van der Waals surface area contributed by atoms with E-state index in [9.17, 15) is 14.4 Å². The summed E-state index contributed by atoms with van der Waals surface area (Å²) in [6, 6.07) is 5.32. The highest BCUT2D eigenvalue weighted by Crippen LogP contribution is 2.56. The highest BCUT2D eigenvalue weighted by molar-refractivity contribution is 6.31. The molecule has 2 saturated carbocycles. The Morgan fingerprint density at radius 3 is 2.48 bits per heavy atom. The molecule has 1 aromatic carbocycles. The van der Waals surface area contributed by atoms with E-state index in [-0.39, 0.29) is 42.5 Å². The monoisotopic (exact) mass is 360 g/mol. The molecule has 132 valence electrons. The summed E-state index contributed by atoms with van der Waals surface area (Å²) in [6.07, 6.45) is 3.26. The summed E-state index contributed by atoms with van der Waals surface area (Å²) < 4.78 is 0. The Kier molecular flexibility index (Phi) is 4.07. The highest BCUT2D eigenvalue weighted by atomic mass is 35.5. The van der Waals surface area contributed by atoms with E-state index in [0.717, 1.165) is 24.8 Å². The summed E-state index contributed by atoms with van der Waals surface area (Å²) in [4.78, 5) is 38.8. The van der Waals surface area contributed by atoms with Gasteiger partial charge in [0.1, 0.15) is 0 Å². The summed E-state index contributed by atoms with van der Waals surface area (Å²) in [5.74, 6) is 0.168. The van der Waals surface area contributed by atoms with Crippen molar-refractivity contribution < 1.29 is 14.4 Å². The summed E-state index contributed by atoms with van der Waals surface area (Å²) in [5, 5.41) is 3.40. The molecule has 6 heteroatoms. The Morgan fingerprint density at radius 1 is 1.20 bits per heavy atom. The molecule has 3 fully saturated rings. The number of amides is 3. The van der Waals surface area contributed by atoms with E-state index in [0.29, 0.717) is 22.5 Å². The van der Waals surface area contributed by atoms with Crippen LogP contribution in [0.5, 0.6) is 0 Å². The van der Waals surface area contributed by atoms with E-state index in [1.165, 1.54) is 4.90 Å². The van der Waals surface area contributed by atoms with Crippen LogP contribution in [0.4, 0.5) is 5.69 Å². The first-order valence-electron chi connectivity index (χ1n) is 8.87. The van der Waals surface area contributed by atoms with Crippen molar-refractivity contribution in [1.29, 1.82) is 0 Å². The molecule has 25 heavy (non-hydrogen) atoms. The fraction of sp³-hybridized carbons (Fsp3) is 0.526. The van der Waals surface area contributed by atoms with Gasteiger partial charge in [0.05, 0.1) is 11.8 Å². The Hall–Kier alpha value is -1.88. The molecule has 3 amide bonds. The van der Waals surface area contributed by atoms with Gasteiger partial charge in [-0.1, -0.05) is 17.7 Å². The van der Waals surface area contributed by atoms with Crippen molar-refractivity contribution >= 4 is 35.0 Å². The van der Waals surface area contributed by atoms with Crippen molar-refractivity contribution in [2.75, 3.05) is 11.9 Å². The van der Waals surface area contributed by atoms with Crippen molar-refractivity contribution in [1.82, 2.24) is 4.90 Å². The van der Waals surface area contributed by atoms with E-state index in [2.05, 4.69) is 5.32 Å². The summed E-state index contributed by atoms with van der Waals surface area (Å²) >= 11 is 6.06. The van der Waals surface area contributed by atoms with Gasteiger partial charge in [0, 0.05) is 23.7 Å². The van der Waals surface area contributed by atoms with Gasteiger partial charge in [-0.15, -0.1) is 0 Å². The van der Waals surface area contributed by atoms with Crippen LogP contribution in [0, 0.1) is 30.6 Å². The first-order chi connectivity index (χ1) is 12.0. The molecule has 1 aliphatic heterocycles. The molecule has 3 aliphatic rings. The van der Waals surface area contributed by atoms with Gasteiger partial charge < -0.3 is 5.32 Å². The van der Waals surface area contributed by atoms with Crippen molar-refractivity contribution in [2.24, 2.45) is 23.7 Å². The molecule has 0 radical (unpaired) electrons. The van der Waals surface area contributed by atoms with E-state index < -0.39 is 0 Å². The van der Waals surface area contributed by atoms with Gasteiger partial charge in [-0.3, -0.25) is 19.3 Å². The minimum atomic E-state index is -0.217. The predicted molar refractivity (Wildman–Crippen MR) is 94.0 cm³/mol. The van der Waals surface area contributed by atoms with Crippen LogP contribution >= 0.6 is 11.6 Å². The number of benzene rings is 1. The van der Waals surface area contributed by atoms with Crippen LogP contribution in [0.2, 0.25) is 5.02 Å². The average Bonchev–Trinajstić information content (AvgIpc) is 3.25. The standard InChI is InChI=1S/C19H21ClN2O3/c1-10-13(20)3-2-4-14(10)21-15(23)7-8-22-18(24)16-11-5-6-12(9-11)17(16)19(22)25/h2-4,11-12,16-17H,5-9H2,1H3,(H,21,23)/t11-,12-,16-,17+/m1/s1. The third kappa shape index (κ3) is 2.65. The number of rotatable bonds is 4. The number of halogens is 1. The Balaban J connectivity index is 1.38. The molecule has 5 nitrogen and oxygen atoms in total. The van der Waals surface area contributed by atoms with E-state index in [1.807, 2.05) is 6.92 Å². The van der Waals surface area contributed by atoms with Gasteiger partial charge in [0.25, 0.3) is 0 Å². The molecule has 0 unspecified atom stereocenters. The number of likely N-dealkylation sites (tertiary alicyclic amines) is 1.